The molecule has 0 aromatic heterocycles. The molecule has 1 aromatic rings. The molecule has 172 valence electrons. The van der Waals surface area contributed by atoms with Gasteiger partial charge in [-0.3, -0.25) is 4.79 Å². The van der Waals surface area contributed by atoms with Crippen molar-refractivity contribution in [1.82, 2.24) is 4.90 Å². The Bertz CT molecular complexity index is 776. The normalized spacial score (nSPS) is 17.4. The number of carbonyl (C=O) groups is 2. The van der Waals surface area contributed by atoms with Gasteiger partial charge in [0, 0.05) is 38.2 Å². The molecule has 0 unspecified atom stereocenters. The molecule has 6 nitrogen and oxygen atoms in total. The Morgan fingerprint density at radius 3 is 2.48 bits per heavy atom. The number of nitrogens with zero attached hydrogens (tertiary/aromatic N) is 1. The highest BCUT2D eigenvalue weighted by atomic mass is 16.6. The Labute approximate surface area is 186 Å². The van der Waals surface area contributed by atoms with Gasteiger partial charge in [0.1, 0.15) is 11.4 Å². The zero-order valence-corrected chi connectivity index (χ0v) is 19.6. The number of hydrogen-bond acceptors (Lipinski definition) is 5. The van der Waals surface area contributed by atoms with Crippen LogP contribution in [0.5, 0.6) is 5.75 Å². The van der Waals surface area contributed by atoms with Crippen LogP contribution in [0.2, 0.25) is 0 Å². The number of carbonyl (C=O) groups excluding carboxylic acids is 2. The number of ketones is 1. The van der Waals surface area contributed by atoms with E-state index in [9.17, 15) is 9.59 Å². The van der Waals surface area contributed by atoms with Crippen LogP contribution in [0.4, 0.5) is 10.5 Å². The first-order valence-corrected chi connectivity index (χ1v) is 11.8. The van der Waals surface area contributed by atoms with Crippen LogP contribution in [-0.2, 0) is 4.74 Å². The van der Waals surface area contributed by atoms with Crippen molar-refractivity contribution in [3.05, 3.63) is 23.8 Å². The number of hydrogen-bond donors (Lipinski definition) is 1. The fraction of sp³-hybridized carbons (Fsp3) is 0.680. The third kappa shape index (κ3) is 5.92. The Hall–Kier alpha value is -2.24. The van der Waals surface area contributed by atoms with Crippen molar-refractivity contribution < 1.29 is 19.1 Å². The maximum absolute atomic E-state index is 13.2. The topological polar surface area (TPSA) is 67.9 Å². The first-order valence-electron chi connectivity index (χ1n) is 11.8. The number of Topliss-reactive ketones (excluding diaryl/α,β-unsaturated/α-hetero) is 1. The molecule has 0 bridgehead atoms. The molecule has 2 aliphatic heterocycles. The van der Waals surface area contributed by atoms with Gasteiger partial charge in [0.05, 0.1) is 5.56 Å². The summed E-state index contributed by atoms with van der Waals surface area (Å²) >= 11 is 0. The van der Waals surface area contributed by atoms with Gasteiger partial charge >= 0.3 is 6.09 Å². The lowest BCUT2D eigenvalue weighted by atomic mass is 9.86. The Morgan fingerprint density at radius 2 is 1.81 bits per heavy atom. The largest absolute Gasteiger partial charge is 0.478 e. The van der Waals surface area contributed by atoms with Gasteiger partial charge in [-0.2, -0.15) is 0 Å². The zero-order chi connectivity index (χ0) is 22.5. The van der Waals surface area contributed by atoms with Crippen molar-refractivity contribution in [2.75, 3.05) is 25.0 Å². The Kier molecular flexibility index (Phi) is 7.50. The molecule has 1 aromatic carbocycles. The number of ether oxygens (including phenoxy) is 2. The van der Waals surface area contributed by atoms with Gasteiger partial charge in [-0.25, -0.2) is 4.79 Å². The molecule has 2 aliphatic rings. The smallest absolute Gasteiger partial charge is 0.410 e. The summed E-state index contributed by atoms with van der Waals surface area (Å²) in [4.78, 5) is 27.2. The highest BCUT2D eigenvalue weighted by Crippen LogP contribution is 2.42. The van der Waals surface area contributed by atoms with E-state index in [1.165, 1.54) is 32.1 Å². The third-order valence-electron chi connectivity index (χ3n) is 6.03. The van der Waals surface area contributed by atoms with Crippen LogP contribution >= 0.6 is 0 Å². The van der Waals surface area contributed by atoms with E-state index >= 15 is 0 Å². The maximum Gasteiger partial charge on any atom is 0.410 e. The summed E-state index contributed by atoms with van der Waals surface area (Å²) < 4.78 is 11.6. The Balaban J connectivity index is 1.52. The summed E-state index contributed by atoms with van der Waals surface area (Å²) in [5, 5.41) is 3.44. The molecule has 1 amide bonds. The quantitative estimate of drug-likeness (QED) is 0.528. The molecule has 2 heterocycles. The van der Waals surface area contributed by atoms with E-state index in [1.807, 2.05) is 39.0 Å². The van der Waals surface area contributed by atoms with Gasteiger partial charge in [-0.1, -0.05) is 39.0 Å². The predicted molar refractivity (Wildman–Crippen MR) is 123 cm³/mol. The minimum absolute atomic E-state index is 0.0366. The van der Waals surface area contributed by atoms with E-state index < -0.39 is 11.2 Å². The van der Waals surface area contributed by atoms with E-state index in [4.69, 9.17) is 9.47 Å². The van der Waals surface area contributed by atoms with Crippen molar-refractivity contribution in [2.24, 2.45) is 0 Å². The minimum atomic E-state index is -0.848. The fourth-order valence-electron chi connectivity index (χ4n) is 4.25. The predicted octanol–water partition coefficient (Wildman–Crippen LogP) is 5.80. The summed E-state index contributed by atoms with van der Waals surface area (Å²) in [7, 11) is 0. The number of nitrogens with one attached hydrogen (secondary N) is 1. The molecule has 0 saturated carbocycles. The summed E-state index contributed by atoms with van der Waals surface area (Å²) in [5.41, 5.74) is 0.242. The molecule has 1 spiro atoms. The van der Waals surface area contributed by atoms with E-state index in [2.05, 4.69) is 12.2 Å². The highest BCUT2D eigenvalue weighted by molar-refractivity contribution is 6.08. The second kappa shape index (κ2) is 9.92. The van der Waals surface area contributed by atoms with Gasteiger partial charge in [0.15, 0.2) is 5.60 Å². The third-order valence-corrected chi connectivity index (χ3v) is 6.03. The van der Waals surface area contributed by atoms with Crippen molar-refractivity contribution in [2.45, 2.75) is 90.3 Å². The molecule has 6 heteroatoms. The van der Waals surface area contributed by atoms with Gasteiger partial charge in [0.2, 0.25) is 5.78 Å². The molecule has 0 radical (unpaired) electrons. The van der Waals surface area contributed by atoms with Crippen LogP contribution in [0.3, 0.4) is 0 Å². The SMILES string of the molecule is CCCCCCCCNc1ccc2c(c1)C(=O)C1(CCN(C(=O)OC(C)(C)C)CC1)O2. The van der Waals surface area contributed by atoms with Gasteiger partial charge in [-0.05, 0) is 45.4 Å². The molecule has 1 saturated heterocycles. The van der Waals surface area contributed by atoms with Crippen molar-refractivity contribution >= 4 is 17.6 Å². The minimum Gasteiger partial charge on any atom is -0.478 e. The second-order valence-corrected chi connectivity index (χ2v) is 9.80. The van der Waals surface area contributed by atoms with Crippen LogP contribution in [-0.4, -0.2) is 47.6 Å². The molecular weight excluding hydrogens is 392 g/mol. The van der Waals surface area contributed by atoms with Gasteiger partial charge in [-0.15, -0.1) is 0 Å². The Morgan fingerprint density at radius 1 is 1.13 bits per heavy atom. The van der Waals surface area contributed by atoms with Crippen molar-refractivity contribution in [3.8, 4) is 5.75 Å². The first kappa shape index (κ1) is 23.4. The number of piperidine rings is 1. The number of unbranched alkanes of at least 4 members (excludes halogenated alkanes) is 5. The average Bonchev–Trinajstić information content (AvgIpc) is 2.98. The zero-order valence-electron chi connectivity index (χ0n) is 19.6. The van der Waals surface area contributed by atoms with Gasteiger partial charge in [0.25, 0.3) is 0 Å². The number of benzene rings is 1. The van der Waals surface area contributed by atoms with Crippen LogP contribution in [0.25, 0.3) is 0 Å². The fourth-order valence-corrected chi connectivity index (χ4v) is 4.25. The number of fused-ring (bicyclic) bond motifs is 1. The van der Waals surface area contributed by atoms with E-state index in [1.54, 1.807) is 4.90 Å². The summed E-state index contributed by atoms with van der Waals surface area (Å²) in [5.74, 6) is 0.690. The number of amides is 1. The molecule has 31 heavy (non-hydrogen) atoms. The average molecular weight is 431 g/mol. The number of likely N-dealkylation sites (tertiary alicyclic amines) is 1. The lowest BCUT2D eigenvalue weighted by molar-refractivity contribution is -0.00474. The molecular formula is C25H38N2O4. The van der Waals surface area contributed by atoms with Crippen LogP contribution in [0.15, 0.2) is 18.2 Å². The monoisotopic (exact) mass is 430 g/mol. The first-order chi connectivity index (χ1) is 14.7. The standard InChI is InChI=1S/C25H38N2O4/c1-5-6-7-8-9-10-15-26-19-11-12-21-20(18-19)22(28)25(30-21)13-16-27(17-14-25)23(29)31-24(2,3)4/h11-12,18,26H,5-10,13-17H2,1-4H3. The highest BCUT2D eigenvalue weighted by Gasteiger charge is 2.50. The molecule has 0 aliphatic carbocycles. The number of rotatable bonds is 8. The molecule has 1 fully saturated rings. The summed E-state index contributed by atoms with van der Waals surface area (Å²) in [6.45, 7) is 9.62. The summed E-state index contributed by atoms with van der Waals surface area (Å²) in [6.07, 6.45) is 8.20. The second-order valence-electron chi connectivity index (χ2n) is 9.80. The van der Waals surface area contributed by atoms with Crippen molar-refractivity contribution in [1.29, 1.82) is 0 Å². The van der Waals surface area contributed by atoms with Gasteiger partial charge < -0.3 is 19.7 Å². The van der Waals surface area contributed by atoms with E-state index in [-0.39, 0.29) is 11.9 Å². The van der Waals surface area contributed by atoms with Crippen LogP contribution in [0.1, 0.15) is 89.4 Å². The molecule has 1 N–H and O–H groups in total. The summed E-state index contributed by atoms with van der Waals surface area (Å²) in [6, 6.07) is 5.80. The molecule has 3 rings (SSSR count). The number of anilines is 1. The van der Waals surface area contributed by atoms with E-state index in [0.717, 1.165) is 18.7 Å². The van der Waals surface area contributed by atoms with Crippen molar-refractivity contribution in [3.63, 3.8) is 0 Å². The molecule has 0 atom stereocenters. The van der Waals surface area contributed by atoms with Crippen LogP contribution < -0.4 is 10.1 Å². The van der Waals surface area contributed by atoms with E-state index in [0.29, 0.717) is 37.2 Å². The lowest BCUT2D eigenvalue weighted by Gasteiger charge is -2.37. The van der Waals surface area contributed by atoms with Crippen LogP contribution in [0, 0.1) is 0 Å². The maximum atomic E-state index is 13.2. The lowest BCUT2D eigenvalue weighted by Crippen LogP contribution is -2.52.